The van der Waals surface area contributed by atoms with E-state index in [-0.39, 0.29) is 5.91 Å². The SMILES string of the molecule is CCN(CCC(N)=S)C(=O)c1ccc(OC)c(Br)c1. The highest BCUT2D eigenvalue weighted by molar-refractivity contribution is 9.10. The normalized spacial score (nSPS) is 10.1. The number of benzene rings is 1. The zero-order valence-corrected chi connectivity index (χ0v) is 13.4. The van der Waals surface area contributed by atoms with Crippen molar-refractivity contribution in [1.82, 2.24) is 4.90 Å². The van der Waals surface area contributed by atoms with E-state index in [0.29, 0.717) is 35.8 Å². The lowest BCUT2D eigenvalue weighted by Gasteiger charge is -2.21. The van der Waals surface area contributed by atoms with Crippen LogP contribution in [0, 0.1) is 0 Å². The second-order valence-electron chi connectivity index (χ2n) is 3.95. The summed E-state index contributed by atoms with van der Waals surface area (Å²) in [4.78, 5) is 14.5. The molecule has 1 rings (SSSR count). The van der Waals surface area contributed by atoms with Crippen LogP contribution in [0.5, 0.6) is 5.75 Å². The Morgan fingerprint density at radius 1 is 1.53 bits per heavy atom. The first-order valence-corrected chi connectivity index (χ1v) is 7.10. The molecule has 0 spiro atoms. The number of rotatable bonds is 6. The maximum absolute atomic E-state index is 12.3. The third-order valence-electron chi connectivity index (χ3n) is 2.70. The number of amides is 1. The van der Waals surface area contributed by atoms with Crippen LogP contribution in [0.3, 0.4) is 0 Å². The number of halogens is 1. The molecule has 0 aliphatic heterocycles. The van der Waals surface area contributed by atoms with Crippen molar-refractivity contribution in [3.05, 3.63) is 28.2 Å². The van der Waals surface area contributed by atoms with Gasteiger partial charge in [-0.1, -0.05) is 12.2 Å². The fourth-order valence-electron chi connectivity index (χ4n) is 1.63. The van der Waals surface area contributed by atoms with Crippen molar-refractivity contribution in [3.63, 3.8) is 0 Å². The largest absolute Gasteiger partial charge is 0.496 e. The lowest BCUT2D eigenvalue weighted by molar-refractivity contribution is 0.0769. The first-order chi connectivity index (χ1) is 8.99. The Kier molecular flexibility index (Phi) is 6.24. The predicted octanol–water partition coefficient (Wildman–Crippen LogP) is 2.60. The molecule has 0 bridgehead atoms. The van der Waals surface area contributed by atoms with E-state index >= 15 is 0 Å². The minimum Gasteiger partial charge on any atom is -0.496 e. The van der Waals surface area contributed by atoms with Crippen LogP contribution in [0.15, 0.2) is 22.7 Å². The van der Waals surface area contributed by atoms with Crippen LogP contribution in [0.4, 0.5) is 0 Å². The van der Waals surface area contributed by atoms with E-state index in [1.807, 2.05) is 6.92 Å². The van der Waals surface area contributed by atoms with Gasteiger partial charge in [-0.25, -0.2) is 0 Å². The van der Waals surface area contributed by atoms with Crippen molar-refractivity contribution in [2.45, 2.75) is 13.3 Å². The highest BCUT2D eigenvalue weighted by atomic mass is 79.9. The van der Waals surface area contributed by atoms with Gasteiger partial charge in [0.15, 0.2) is 0 Å². The molecule has 1 amide bonds. The van der Waals surface area contributed by atoms with E-state index in [1.54, 1.807) is 30.2 Å². The first kappa shape index (κ1) is 15.9. The molecule has 104 valence electrons. The molecule has 1 aromatic rings. The second-order valence-corrected chi connectivity index (χ2v) is 5.33. The van der Waals surface area contributed by atoms with Gasteiger partial charge in [0.25, 0.3) is 5.91 Å². The van der Waals surface area contributed by atoms with Crippen molar-refractivity contribution in [2.24, 2.45) is 5.73 Å². The summed E-state index contributed by atoms with van der Waals surface area (Å²) in [7, 11) is 1.59. The van der Waals surface area contributed by atoms with Crippen molar-refractivity contribution in [2.75, 3.05) is 20.2 Å². The van der Waals surface area contributed by atoms with E-state index in [2.05, 4.69) is 15.9 Å². The number of nitrogens with zero attached hydrogens (tertiary/aromatic N) is 1. The quantitative estimate of drug-likeness (QED) is 0.806. The van der Waals surface area contributed by atoms with Crippen LogP contribution in [0.1, 0.15) is 23.7 Å². The Balaban J connectivity index is 2.85. The van der Waals surface area contributed by atoms with Gasteiger partial charge in [0.05, 0.1) is 16.6 Å². The van der Waals surface area contributed by atoms with E-state index in [9.17, 15) is 4.79 Å². The van der Waals surface area contributed by atoms with Crippen LogP contribution in [0.2, 0.25) is 0 Å². The first-order valence-electron chi connectivity index (χ1n) is 5.90. The number of nitrogens with two attached hydrogens (primary N) is 1. The third-order valence-corrected chi connectivity index (χ3v) is 3.52. The van der Waals surface area contributed by atoms with Crippen LogP contribution >= 0.6 is 28.1 Å². The minimum atomic E-state index is -0.0397. The summed E-state index contributed by atoms with van der Waals surface area (Å²) >= 11 is 8.21. The topological polar surface area (TPSA) is 55.6 Å². The highest BCUT2D eigenvalue weighted by Crippen LogP contribution is 2.26. The Bertz CT molecular complexity index is 480. The number of hydrogen-bond acceptors (Lipinski definition) is 3. The standard InChI is InChI=1S/C13H17BrN2O2S/c1-3-16(7-6-12(15)19)13(17)9-4-5-11(18-2)10(14)8-9/h4-5,8H,3,6-7H2,1-2H3,(H2,15,19). The number of hydrogen-bond donors (Lipinski definition) is 1. The van der Waals surface area contributed by atoms with Gasteiger partial charge in [-0.15, -0.1) is 0 Å². The minimum absolute atomic E-state index is 0.0397. The summed E-state index contributed by atoms with van der Waals surface area (Å²) in [5.41, 5.74) is 6.07. The zero-order valence-electron chi connectivity index (χ0n) is 11.0. The van der Waals surface area contributed by atoms with Crippen LogP contribution in [0.25, 0.3) is 0 Å². The van der Waals surface area contributed by atoms with E-state index < -0.39 is 0 Å². The smallest absolute Gasteiger partial charge is 0.253 e. The Labute approximate surface area is 127 Å². The molecule has 0 radical (unpaired) electrons. The van der Waals surface area contributed by atoms with Crippen molar-refractivity contribution in [1.29, 1.82) is 0 Å². The summed E-state index contributed by atoms with van der Waals surface area (Å²) in [5, 5.41) is 0. The number of ether oxygens (including phenoxy) is 1. The molecular weight excluding hydrogens is 328 g/mol. The summed E-state index contributed by atoms with van der Waals surface area (Å²) < 4.78 is 5.90. The fraction of sp³-hybridized carbons (Fsp3) is 0.385. The summed E-state index contributed by atoms with van der Waals surface area (Å²) in [5.74, 6) is 0.657. The molecule has 0 atom stereocenters. The van der Waals surface area contributed by atoms with Gasteiger partial charge in [-0.2, -0.15) is 0 Å². The van der Waals surface area contributed by atoms with Crippen LogP contribution in [-0.4, -0.2) is 36.0 Å². The van der Waals surface area contributed by atoms with Crippen LogP contribution < -0.4 is 10.5 Å². The highest BCUT2D eigenvalue weighted by Gasteiger charge is 2.15. The predicted molar refractivity (Wildman–Crippen MR) is 83.7 cm³/mol. The Morgan fingerprint density at radius 3 is 2.68 bits per heavy atom. The molecule has 0 unspecified atom stereocenters. The molecule has 4 nitrogen and oxygen atoms in total. The van der Waals surface area contributed by atoms with E-state index in [0.717, 1.165) is 4.47 Å². The van der Waals surface area contributed by atoms with Gasteiger partial charge in [-0.05, 0) is 41.1 Å². The Morgan fingerprint density at radius 2 is 2.21 bits per heavy atom. The van der Waals surface area contributed by atoms with Crippen LogP contribution in [-0.2, 0) is 0 Å². The van der Waals surface area contributed by atoms with E-state index in [1.165, 1.54) is 0 Å². The molecule has 1 aromatic carbocycles. The number of thiocarbonyl (C=S) groups is 1. The summed E-state index contributed by atoms with van der Waals surface area (Å²) in [6, 6.07) is 5.26. The number of carbonyl (C=O) groups is 1. The molecule has 6 heteroatoms. The molecule has 0 fully saturated rings. The van der Waals surface area contributed by atoms with E-state index in [4.69, 9.17) is 22.7 Å². The zero-order chi connectivity index (χ0) is 14.4. The average Bonchev–Trinajstić information content (AvgIpc) is 2.38. The van der Waals surface area contributed by atoms with Crippen molar-refractivity contribution in [3.8, 4) is 5.75 Å². The van der Waals surface area contributed by atoms with Gasteiger partial charge in [0.1, 0.15) is 5.75 Å². The number of methoxy groups -OCH3 is 1. The van der Waals surface area contributed by atoms with Gasteiger partial charge in [-0.3, -0.25) is 4.79 Å². The van der Waals surface area contributed by atoms with Gasteiger partial charge >= 0.3 is 0 Å². The lowest BCUT2D eigenvalue weighted by Crippen LogP contribution is -2.33. The summed E-state index contributed by atoms with van der Waals surface area (Å²) in [6.07, 6.45) is 0.534. The maximum Gasteiger partial charge on any atom is 0.253 e. The monoisotopic (exact) mass is 344 g/mol. The summed E-state index contributed by atoms with van der Waals surface area (Å²) in [6.45, 7) is 3.08. The van der Waals surface area contributed by atoms with Crippen molar-refractivity contribution >= 4 is 39.0 Å². The molecule has 0 saturated carbocycles. The molecule has 2 N–H and O–H groups in total. The van der Waals surface area contributed by atoms with Gasteiger partial charge < -0.3 is 15.4 Å². The second kappa shape index (κ2) is 7.45. The average molecular weight is 345 g/mol. The maximum atomic E-state index is 12.3. The Hall–Kier alpha value is -1.14. The molecule has 0 heterocycles. The molecule has 0 aliphatic rings. The molecule has 0 aliphatic carbocycles. The molecule has 19 heavy (non-hydrogen) atoms. The molecule has 0 saturated heterocycles. The van der Waals surface area contributed by atoms with Crippen molar-refractivity contribution < 1.29 is 9.53 Å². The lowest BCUT2D eigenvalue weighted by atomic mass is 10.2. The molecular formula is C13H17BrN2O2S. The third kappa shape index (κ3) is 4.47. The van der Waals surface area contributed by atoms with Gasteiger partial charge in [0, 0.05) is 25.1 Å². The molecule has 0 aromatic heterocycles. The fourth-order valence-corrected chi connectivity index (χ4v) is 2.26. The van der Waals surface area contributed by atoms with Gasteiger partial charge in [0.2, 0.25) is 0 Å². The number of carbonyl (C=O) groups excluding carboxylic acids is 1.